The molecule has 3 aliphatic rings. The molecule has 0 spiro atoms. The van der Waals surface area contributed by atoms with Crippen molar-refractivity contribution in [3.05, 3.63) is 64.7 Å². The molecule has 0 bridgehead atoms. The Morgan fingerprint density at radius 1 is 0.968 bits per heavy atom. The second-order valence-electron chi connectivity index (χ2n) is 9.16. The van der Waals surface area contributed by atoms with Crippen LogP contribution in [-0.4, -0.2) is 54.6 Å². The van der Waals surface area contributed by atoms with Crippen LogP contribution in [0.3, 0.4) is 0 Å². The summed E-state index contributed by atoms with van der Waals surface area (Å²) in [5.74, 6) is -0.156. The molecule has 5 rings (SSSR count). The fourth-order valence-corrected chi connectivity index (χ4v) is 5.15. The van der Waals surface area contributed by atoms with E-state index in [1.54, 1.807) is 0 Å². The summed E-state index contributed by atoms with van der Waals surface area (Å²) < 4.78 is 0. The number of imide groups is 1. The molecule has 162 valence electrons. The van der Waals surface area contributed by atoms with E-state index in [1.165, 1.54) is 27.3 Å². The van der Waals surface area contributed by atoms with E-state index in [1.807, 2.05) is 13.0 Å². The fraction of sp³-hybridized carbons (Fsp3) is 0.440. The summed E-state index contributed by atoms with van der Waals surface area (Å²) in [6.45, 7) is 7.72. The van der Waals surface area contributed by atoms with Crippen molar-refractivity contribution < 1.29 is 9.59 Å². The number of amides is 3. The van der Waals surface area contributed by atoms with Gasteiger partial charge in [-0.15, -0.1) is 0 Å². The van der Waals surface area contributed by atoms with Crippen LogP contribution in [0.4, 0.5) is 10.5 Å². The van der Waals surface area contributed by atoms with Crippen LogP contribution in [0, 0.1) is 6.92 Å². The van der Waals surface area contributed by atoms with Crippen LogP contribution in [-0.2, 0) is 23.2 Å². The molecule has 2 aromatic carbocycles. The van der Waals surface area contributed by atoms with Crippen molar-refractivity contribution in [2.24, 2.45) is 0 Å². The highest BCUT2D eigenvalue weighted by atomic mass is 16.2. The standard InChI is InChI=1S/C25H30N4O2/c1-18-6-3-4-9-22(18)28-14-12-27(13-15-28)17-29-23(30)25(2,26-24(29)31)21-11-10-19-7-5-8-20(19)16-21/h3-4,6,9-11,16H,5,7-8,12-15,17H2,1-2H3,(H,26,31)/t25-/m0/s1. The van der Waals surface area contributed by atoms with Crippen molar-refractivity contribution in [3.63, 3.8) is 0 Å². The van der Waals surface area contributed by atoms with Crippen LogP contribution in [0.2, 0.25) is 0 Å². The van der Waals surface area contributed by atoms with E-state index in [0.29, 0.717) is 6.67 Å². The number of rotatable bonds is 4. The number of benzene rings is 2. The molecule has 2 aliphatic heterocycles. The lowest BCUT2D eigenvalue weighted by Crippen LogP contribution is -2.51. The zero-order chi connectivity index (χ0) is 21.6. The van der Waals surface area contributed by atoms with Gasteiger partial charge in [0.2, 0.25) is 0 Å². The van der Waals surface area contributed by atoms with Crippen LogP contribution >= 0.6 is 0 Å². The minimum absolute atomic E-state index is 0.156. The molecule has 31 heavy (non-hydrogen) atoms. The predicted molar refractivity (Wildman–Crippen MR) is 121 cm³/mol. The first-order chi connectivity index (χ1) is 15.0. The summed E-state index contributed by atoms with van der Waals surface area (Å²) >= 11 is 0. The third-order valence-electron chi connectivity index (χ3n) is 7.12. The van der Waals surface area contributed by atoms with Crippen molar-refractivity contribution in [2.75, 3.05) is 37.7 Å². The Bertz CT molecular complexity index is 1030. The number of aryl methyl sites for hydroxylation is 3. The van der Waals surface area contributed by atoms with E-state index in [4.69, 9.17) is 0 Å². The SMILES string of the molecule is Cc1ccccc1N1CCN(CN2C(=O)N[C@@](C)(c3ccc4c(c3)CCC4)C2=O)CC1. The molecule has 1 N–H and O–H groups in total. The van der Waals surface area contributed by atoms with E-state index in [0.717, 1.165) is 51.0 Å². The van der Waals surface area contributed by atoms with Gasteiger partial charge in [-0.25, -0.2) is 9.69 Å². The molecular formula is C25H30N4O2. The average Bonchev–Trinajstić information content (AvgIpc) is 3.33. The van der Waals surface area contributed by atoms with Gasteiger partial charge in [0.1, 0.15) is 5.54 Å². The minimum atomic E-state index is -0.988. The van der Waals surface area contributed by atoms with E-state index in [9.17, 15) is 9.59 Å². The lowest BCUT2D eigenvalue weighted by Gasteiger charge is -2.37. The van der Waals surface area contributed by atoms with Gasteiger partial charge in [0, 0.05) is 31.9 Å². The molecule has 2 heterocycles. The number of nitrogens with zero attached hydrogens (tertiary/aromatic N) is 3. The normalized spacial score (nSPS) is 23.9. The molecule has 0 saturated carbocycles. The van der Waals surface area contributed by atoms with Crippen LogP contribution in [0.25, 0.3) is 0 Å². The molecule has 0 radical (unpaired) electrons. The molecule has 6 nitrogen and oxygen atoms in total. The third kappa shape index (κ3) is 3.49. The number of carbonyl (C=O) groups is 2. The Morgan fingerprint density at radius 3 is 2.48 bits per heavy atom. The fourth-order valence-electron chi connectivity index (χ4n) is 5.15. The molecule has 3 amide bonds. The zero-order valence-electron chi connectivity index (χ0n) is 18.4. The quantitative estimate of drug-likeness (QED) is 0.776. The number of urea groups is 1. The highest BCUT2D eigenvalue weighted by Gasteiger charge is 2.49. The maximum absolute atomic E-state index is 13.3. The topological polar surface area (TPSA) is 55.9 Å². The van der Waals surface area contributed by atoms with Gasteiger partial charge in [0.25, 0.3) is 5.91 Å². The average molecular weight is 419 g/mol. The Morgan fingerprint density at radius 2 is 1.71 bits per heavy atom. The summed E-state index contributed by atoms with van der Waals surface area (Å²) in [5, 5.41) is 2.97. The molecule has 2 saturated heterocycles. The van der Waals surface area contributed by atoms with Crippen LogP contribution in [0.1, 0.15) is 35.6 Å². The van der Waals surface area contributed by atoms with Crippen LogP contribution in [0.15, 0.2) is 42.5 Å². The van der Waals surface area contributed by atoms with Gasteiger partial charge in [-0.05, 0) is 61.4 Å². The number of piperazine rings is 1. The second-order valence-corrected chi connectivity index (χ2v) is 9.16. The number of hydrogen-bond acceptors (Lipinski definition) is 4. The van der Waals surface area contributed by atoms with Gasteiger partial charge in [-0.3, -0.25) is 9.69 Å². The molecule has 1 aliphatic carbocycles. The third-order valence-corrected chi connectivity index (χ3v) is 7.12. The summed E-state index contributed by atoms with van der Waals surface area (Å²) in [6, 6.07) is 14.4. The Balaban J connectivity index is 1.26. The second kappa shape index (κ2) is 7.68. The number of anilines is 1. The molecular weight excluding hydrogens is 388 g/mol. The van der Waals surface area contributed by atoms with E-state index in [2.05, 4.69) is 58.4 Å². The smallest absolute Gasteiger partial charge is 0.326 e. The Kier molecular flexibility index (Phi) is 4.97. The number of para-hydroxylation sites is 1. The Labute approximate surface area is 183 Å². The van der Waals surface area contributed by atoms with Gasteiger partial charge in [-0.1, -0.05) is 36.4 Å². The molecule has 2 aromatic rings. The zero-order valence-corrected chi connectivity index (χ0v) is 18.4. The van der Waals surface area contributed by atoms with Gasteiger partial charge < -0.3 is 10.2 Å². The maximum atomic E-state index is 13.3. The van der Waals surface area contributed by atoms with Gasteiger partial charge >= 0.3 is 6.03 Å². The van der Waals surface area contributed by atoms with Crippen molar-refractivity contribution in [1.29, 1.82) is 0 Å². The maximum Gasteiger partial charge on any atom is 0.326 e. The first kappa shape index (κ1) is 20.1. The van der Waals surface area contributed by atoms with Crippen molar-refractivity contribution in [3.8, 4) is 0 Å². The lowest BCUT2D eigenvalue weighted by atomic mass is 9.90. The number of carbonyl (C=O) groups excluding carboxylic acids is 2. The first-order valence-electron chi connectivity index (χ1n) is 11.2. The molecule has 2 fully saturated rings. The van der Waals surface area contributed by atoms with E-state index >= 15 is 0 Å². The molecule has 1 atom stereocenters. The lowest BCUT2D eigenvalue weighted by molar-refractivity contribution is -0.132. The highest BCUT2D eigenvalue weighted by Crippen LogP contribution is 2.33. The predicted octanol–water partition coefficient (Wildman–Crippen LogP) is 3.03. The number of fused-ring (bicyclic) bond motifs is 1. The van der Waals surface area contributed by atoms with Crippen LogP contribution in [0.5, 0.6) is 0 Å². The molecule has 6 heteroatoms. The molecule has 0 aromatic heterocycles. The largest absolute Gasteiger partial charge is 0.369 e. The van der Waals surface area contributed by atoms with E-state index in [-0.39, 0.29) is 11.9 Å². The Hall–Kier alpha value is -2.86. The summed E-state index contributed by atoms with van der Waals surface area (Å²) in [6.07, 6.45) is 3.32. The van der Waals surface area contributed by atoms with Gasteiger partial charge in [0.15, 0.2) is 0 Å². The van der Waals surface area contributed by atoms with Gasteiger partial charge in [-0.2, -0.15) is 0 Å². The van der Waals surface area contributed by atoms with Crippen molar-refractivity contribution in [1.82, 2.24) is 15.1 Å². The van der Waals surface area contributed by atoms with Crippen molar-refractivity contribution >= 4 is 17.6 Å². The highest BCUT2D eigenvalue weighted by molar-refractivity contribution is 6.07. The van der Waals surface area contributed by atoms with E-state index < -0.39 is 5.54 Å². The number of hydrogen-bond donors (Lipinski definition) is 1. The summed E-state index contributed by atoms with van der Waals surface area (Å²) in [7, 11) is 0. The summed E-state index contributed by atoms with van der Waals surface area (Å²) in [4.78, 5) is 32.1. The summed E-state index contributed by atoms with van der Waals surface area (Å²) in [5.41, 5.74) is 5.12. The number of nitrogens with one attached hydrogen (secondary N) is 1. The van der Waals surface area contributed by atoms with Crippen molar-refractivity contribution in [2.45, 2.75) is 38.6 Å². The monoisotopic (exact) mass is 418 g/mol. The molecule has 0 unspecified atom stereocenters. The minimum Gasteiger partial charge on any atom is -0.369 e. The first-order valence-corrected chi connectivity index (χ1v) is 11.2. The van der Waals surface area contributed by atoms with Crippen LogP contribution < -0.4 is 10.2 Å². The van der Waals surface area contributed by atoms with Gasteiger partial charge in [0.05, 0.1) is 6.67 Å².